The Labute approximate surface area is 104 Å². The molecule has 17 heavy (non-hydrogen) atoms. The molecule has 0 aromatic heterocycles. The van der Waals surface area contributed by atoms with Crippen LogP contribution >= 0.6 is 0 Å². The molecule has 0 radical (unpaired) electrons. The van der Waals surface area contributed by atoms with Gasteiger partial charge in [-0.25, -0.2) is 0 Å². The van der Waals surface area contributed by atoms with Crippen LogP contribution in [0, 0.1) is 5.92 Å². The van der Waals surface area contributed by atoms with Crippen molar-refractivity contribution < 1.29 is 9.53 Å². The Bertz CT molecular complexity index is 246. The highest BCUT2D eigenvalue weighted by Crippen LogP contribution is 2.17. The zero-order valence-corrected chi connectivity index (χ0v) is 10.9. The van der Waals surface area contributed by atoms with Crippen molar-refractivity contribution in [1.29, 1.82) is 0 Å². The number of hydrogen-bond donors (Lipinski definition) is 0. The van der Waals surface area contributed by atoms with Crippen LogP contribution in [0.2, 0.25) is 0 Å². The average Bonchev–Trinajstić information content (AvgIpc) is 2.98. The molecule has 0 bridgehead atoms. The second kappa shape index (κ2) is 6.36. The molecule has 4 heteroatoms. The van der Waals surface area contributed by atoms with E-state index in [1.807, 2.05) is 11.9 Å². The highest BCUT2D eigenvalue weighted by atomic mass is 16.5. The Balaban J connectivity index is 1.63. The number of carbonyl (C=O) groups excluding carboxylic acids is 1. The maximum atomic E-state index is 12.0. The van der Waals surface area contributed by atoms with Crippen molar-refractivity contribution in [2.75, 3.05) is 46.4 Å². The van der Waals surface area contributed by atoms with E-state index in [9.17, 15) is 4.79 Å². The lowest BCUT2D eigenvalue weighted by Crippen LogP contribution is -2.36. The molecule has 0 aliphatic carbocycles. The van der Waals surface area contributed by atoms with Gasteiger partial charge in [-0.05, 0) is 38.3 Å². The molecular formula is C13H24N2O2. The van der Waals surface area contributed by atoms with Crippen molar-refractivity contribution in [1.82, 2.24) is 9.80 Å². The Morgan fingerprint density at radius 3 is 2.82 bits per heavy atom. The monoisotopic (exact) mass is 240 g/mol. The van der Waals surface area contributed by atoms with E-state index in [1.165, 1.54) is 25.9 Å². The van der Waals surface area contributed by atoms with Crippen LogP contribution in [0.3, 0.4) is 0 Å². The topological polar surface area (TPSA) is 32.8 Å². The quantitative estimate of drug-likeness (QED) is 0.718. The first kappa shape index (κ1) is 12.8. The van der Waals surface area contributed by atoms with Gasteiger partial charge in [0.15, 0.2) is 0 Å². The van der Waals surface area contributed by atoms with Crippen molar-refractivity contribution in [3.05, 3.63) is 0 Å². The van der Waals surface area contributed by atoms with Gasteiger partial charge in [-0.3, -0.25) is 4.79 Å². The number of likely N-dealkylation sites (N-methyl/N-ethyl adjacent to an activating group) is 1. The molecule has 2 saturated heterocycles. The van der Waals surface area contributed by atoms with E-state index in [1.54, 1.807) is 0 Å². The molecule has 2 fully saturated rings. The Morgan fingerprint density at radius 1 is 1.41 bits per heavy atom. The molecule has 1 atom stereocenters. The number of hydrogen-bond acceptors (Lipinski definition) is 3. The fourth-order valence-corrected chi connectivity index (χ4v) is 2.57. The molecule has 4 nitrogen and oxygen atoms in total. The minimum Gasteiger partial charge on any atom is -0.381 e. The minimum atomic E-state index is 0.277. The fraction of sp³-hybridized carbons (Fsp3) is 0.923. The van der Waals surface area contributed by atoms with Gasteiger partial charge in [0.1, 0.15) is 0 Å². The zero-order valence-electron chi connectivity index (χ0n) is 10.9. The molecule has 2 aliphatic heterocycles. The molecule has 0 spiro atoms. The van der Waals surface area contributed by atoms with E-state index in [0.29, 0.717) is 12.3 Å². The van der Waals surface area contributed by atoms with Gasteiger partial charge in [0.05, 0.1) is 0 Å². The summed E-state index contributed by atoms with van der Waals surface area (Å²) in [6.07, 6.45) is 4.34. The Morgan fingerprint density at radius 2 is 2.18 bits per heavy atom. The van der Waals surface area contributed by atoms with Gasteiger partial charge in [-0.2, -0.15) is 0 Å². The average molecular weight is 240 g/mol. The third-order valence-corrected chi connectivity index (χ3v) is 3.86. The first-order valence-corrected chi connectivity index (χ1v) is 6.80. The van der Waals surface area contributed by atoms with Crippen LogP contribution in [0.5, 0.6) is 0 Å². The highest BCUT2D eigenvalue weighted by molar-refractivity contribution is 5.76. The summed E-state index contributed by atoms with van der Waals surface area (Å²) in [6.45, 7) is 5.91. The van der Waals surface area contributed by atoms with E-state index in [-0.39, 0.29) is 5.91 Å². The highest BCUT2D eigenvalue weighted by Gasteiger charge is 2.21. The first-order valence-electron chi connectivity index (χ1n) is 6.80. The lowest BCUT2D eigenvalue weighted by molar-refractivity contribution is -0.131. The fourth-order valence-electron chi connectivity index (χ4n) is 2.57. The van der Waals surface area contributed by atoms with Crippen LogP contribution in [0.25, 0.3) is 0 Å². The Hall–Kier alpha value is -0.610. The second-order valence-corrected chi connectivity index (χ2v) is 5.30. The van der Waals surface area contributed by atoms with Gasteiger partial charge in [-0.15, -0.1) is 0 Å². The summed E-state index contributed by atoms with van der Waals surface area (Å²) in [5.74, 6) is 0.733. The number of carbonyl (C=O) groups is 1. The van der Waals surface area contributed by atoms with Crippen LogP contribution < -0.4 is 0 Å². The van der Waals surface area contributed by atoms with Crippen molar-refractivity contribution in [2.45, 2.75) is 25.7 Å². The summed E-state index contributed by atoms with van der Waals surface area (Å²) in [5.41, 5.74) is 0. The molecule has 2 rings (SSSR count). The maximum absolute atomic E-state index is 12.0. The largest absolute Gasteiger partial charge is 0.381 e. The van der Waals surface area contributed by atoms with E-state index < -0.39 is 0 Å². The van der Waals surface area contributed by atoms with E-state index >= 15 is 0 Å². The summed E-state index contributed by atoms with van der Waals surface area (Å²) < 4.78 is 5.30. The lowest BCUT2D eigenvalue weighted by Gasteiger charge is -2.22. The molecule has 0 N–H and O–H groups in total. The van der Waals surface area contributed by atoms with E-state index in [0.717, 1.165) is 32.7 Å². The molecule has 1 amide bonds. The molecule has 2 heterocycles. The number of amides is 1. The zero-order chi connectivity index (χ0) is 12.1. The lowest BCUT2D eigenvalue weighted by atomic mass is 10.0. The minimum absolute atomic E-state index is 0.277. The molecule has 1 unspecified atom stereocenters. The van der Waals surface area contributed by atoms with Gasteiger partial charge in [-0.1, -0.05) is 0 Å². The molecule has 0 aromatic rings. The predicted molar refractivity (Wildman–Crippen MR) is 66.9 cm³/mol. The number of ether oxygens (including phenoxy) is 1. The molecular weight excluding hydrogens is 216 g/mol. The van der Waals surface area contributed by atoms with Crippen molar-refractivity contribution in [3.8, 4) is 0 Å². The Kier molecular flexibility index (Phi) is 4.80. The number of rotatable bonds is 5. The van der Waals surface area contributed by atoms with Gasteiger partial charge in [0, 0.05) is 39.8 Å². The molecule has 2 aliphatic rings. The van der Waals surface area contributed by atoms with Gasteiger partial charge in [0.2, 0.25) is 5.91 Å². The van der Waals surface area contributed by atoms with Crippen molar-refractivity contribution in [2.24, 2.45) is 5.92 Å². The summed E-state index contributed by atoms with van der Waals surface area (Å²) in [5, 5.41) is 0. The standard InChI is InChI=1S/C13H24N2O2/c1-14(7-8-15-5-2-3-6-15)13(16)10-12-4-9-17-11-12/h12H,2-11H2,1H3. The van der Waals surface area contributed by atoms with Crippen LogP contribution in [0.4, 0.5) is 0 Å². The first-order chi connectivity index (χ1) is 8.25. The smallest absolute Gasteiger partial charge is 0.222 e. The third-order valence-electron chi connectivity index (χ3n) is 3.86. The van der Waals surface area contributed by atoms with Gasteiger partial charge >= 0.3 is 0 Å². The van der Waals surface area contributed by atoms with Gasteiger partial charge < -0.3 is 14.5 Å². The normalized spacial score (nSPS) is 25.4. The van der Waals surface area contributed by atoms with Gasteiger partial charge in [0.25, 0.3) is 0 Å². The predicted octanol–water partition coefficient (Wildman–Crippen LogP) is 0.967. The number of nitrogens with zero attached hydrogens (tertiary/aromatic N) is 2. The van der Waals surface area contributed by atoms with E-state index in [4.69, 9.17) is 4.74 Å². The molecule has 0 aromatic carbocycles. The van der Waals surface area contributed by atoms with Crippen LogP contribution in [-0.4, -0.2) is 62.1 Å². The van der Waals surface area contributed by atoms with Crippen molar-refractivity contribution in [3.63, 3.8) is 0 Å². The molecule has 98 valence electrons. The van der Waals surface area contributed by atoms with Crippen molar-refractivity contribution >= 4 is 5.91 Å². The summed E-state index contributed by atoms with van der Waals surface area (Å²) in [7, 11) is 1.92. The summed E-state index contributed by atoms with van der Waals surface area (Å²) in [6, 6.07) is 0. The summed E-state index contributed by atoms with van der Waals surface area (Å²) in [4.78, 5) is 16.3. The maximum Gasteiger partial charge on any atom is 0.222 e. The SMILES string of the molecule is CN(CCN1CCCC1)C(=O)CC1CCOC1. The second-order valence-electron chi connectivity index (χ2n) is 5.30. The van der Waals surface area contributed by atoms with E-state index in [2.05, 4.69) is 4.90 Å². The molecule has 0 saturated carbocycles. The van der Waals surface area contributed by atoms with Crippen LogP contribution in [0.1, 0.15) is 25.7 Å². The summed E-state index contributed by atoms with van der Waals surface area (Å²) >= 11 is 0. The third kappa shape index (κ3) is 3.96. The van der Waals surface area contributed by atoms with Crippen LogP contribution in [-0.2, 0) is 9.53 Å². The van der Waals surface area contributed by atoms with Crippen LogP contribution in [0.15, 0.2) is 0 Å². The number of likely N-dealkylation sites (tertiary alicyclic amines) is 1.